The molecule has 40 heavy (non-hydrogen) atoms. The van der Waals surface area contributed by atoms with Crippen LogP contribution in [0.25, 0.3) is 0 Å². The first-order chi connectivity index (χ1) is 17.6. The molecule has 0 aliphatic carbocycles. The molecule has 0 aromatic heterocycles. The number of rotatable bonds is 2. The van der Waals surface area contributed by atoms with Crippen LogP contribution in [0.15, 0.2) is 24.3 Å². The highest BCUT2D eigenvalue weighted by Gasteiger charge is 1.78. The summed E-state index contributed by atoms with van der Waals surface area (Å²) in [5.74, 6) is -7.58. The normalized spacial score (nSPS) is 7.22. The van der Waals surface area contributed by atoms with E-state index in [1.807, 2.05) is 6.92 Å². The Morgan fingerprint density at radius 1 is 0.350 bits per heavy atom. The molecule has 18 nitrogen and oxygen atoms in total. The lowest BCUT2D eigenvalue weighted by Crippen LogP contribution is -1.83. The van der Waals surface area contributed by atoms with Crippen LogP contribution in [0.5, 0.6) is 0 Å². The summed E-state index contributed by atoms with van der Waals surface area (Å²) < 4.78 is 0. The monoisotopic (exact) mass is 592 g/mol. The molecule has 0 aliphatic heterocycles. The quantitative estimate of drug-likeness (QED) is 0.163. The van der Waals surface area contributed by atoms with E-state index in [-0.39, 0.29) is 0 Å². The SMILES string of the molecule is C/C=C/C=C/C(=O)O.CC(=O)O.CC(=O)O.CC(=O)O.CC(=O)O.CC(=O)O.CC(=O)O.CC(=O)O.CC(=O)O. The number of hydrogen-bond donors (Lipinski definition) is 9. The van der Waals surface area contributed by atoms with E-state index in [0.717, 1.165) is 61.5 Å². The van der Waals surface area contributed by atoms with Gasteiger partial charge in [0.1, 0.15) is 0 Å². The van der Waals surface area contributed by atoms with Crippen molar-refractivity contribution in [3.8, 4) is 0 Å². The zero-order chi connectivity index (χ0) is 35.0. The molecule has 9 N–H and O–H groups in total. The zero-order valence-corrected chi connectivity index (χ0v) is 23.5. The van der Waals surface area contributed by atoms with Crippen LogP contribution in [-0.4, -0.2) is 99.7 Å². The first kappa shape index (κ1) is 59.7. The fourth-order valence-electron chi connectivity index (χ4n) is 0.249. The molecule has 0 heterocycles. The van der Waals surface area contributed by atoms with E-state index in [1.54, 1.807) is 12.2 Å². The molecule has 0 aromatic rings. The third kappa shape index (κ3) is 391000. The van der Waals surface area contributed by atoms with Gasteiger partial charge in [-0.1, -0.05) is 18.2 Å². The van der Waals surface area contributed by atoms with Crippen LogP contribution < -0.4 is 0 Å². The van der Waals surface area contributed by atoms with Crippen molar-refractivity contribution in [3.63, 3.8) is 0 Å². The van der Waals surface area contributed by atoms with Crippen molar-refractivity contribution in [2.75, 3.05) is 0 Å². The molecule has 18 heteroatoms. The van der Waals surface area contributed by atoms with Gasteiger partial charge in [0, 0.05) is 61.5 Å². The van der Waals surface area contributed by atoms with Crippen molar-refractivity contribution < 1.29 is 89.1 Å². The number of carboxylic acids is 9. The highest BCUT2D eigenvalue weighted by molar-refractivity contribution is 5.80. The summed E-state index contributed by atoms with van der Waals surface area (Å²) >= 11 is 0. The Balaban J connectivity index is -0.0000000392. The first-order valence-electron chi connectivity index (χ1n) is 9.72. The Morgan fingerprint density at radius 3 is 0.550 bits per heavy atom. The number of hydrogen-bond acceptors (Lipinski definition) is 9. The molecular weight excluding hydrogens is 552 g/mol. The van der Waals surface area contributed by atoms with Gasteiger partial charge in [-0.2, -0.15) is 0 Å². The van der Waals surface area contributed by atoms with Crippen molar-refractivity contribution in [2.24, 2.45) is 0 Å². The lowest BCUT2D eigenvalue weighted by molar-refractivity contribution is -0.135. The molecule has 236 valence electrons. The van der Waals surface area contributed by atoms with Crippen LogP contribution in [0.2, 0.25) is 0 Å². The predicted molar refractivity (Wildman–Crippen MR) is 138 cm³/mol. The number of carbonyl (C=O) groups is 9. The summed E-state index contributed by atoms with van der Waals surface area (Å²) in [5.41, 5.74) is 0. The second-order valence-electron chi connectivity index (χ2n) is 5.38. The Kier molecular flexibility index (Phi) is 81.4. The molecule has 0 rings (SSSR count). The highest BCUT2D eigenvalue weighted by Crippen LogP contribution is 1.74. The first-order valence-corrected chi connectivity index (χ1v) is 9.72. The van der Waals surface area contributed by atoms with Crippen molar-refractivity contribution in [1.29, 1.82) is 0 Å². The maximum atomic E-state index is 9.75. The third-order valence-corrected chi connectivity index (χ3v) is 0.542. The molecule has 0 unspecified atom stereocenters. The van der Waals surface area contributed by atoms with Crippen molar-refractivity contribution in [2.45, 2.75) is 62.3 Å². The summed E-state index contributed by atoms with van der Waals surface area (Å²) in [6.07, 6.45) is 5.98. The van der Waals surface area contributed by atoms with Gasteiger partial charge in [0.05, 0.1) is 0 Å². The molecule has 0 fully saturated rings. The van der Waals surface area contributed by atoms with Gasteiger partial charge in [0.25, 0.3) is 47.8 Å². The van der Waals surface area contributed by atoms with E-state index in [4.69, 9.17) is 84.3 Å². The average molecular weight is 593 g/mol. The van der Waals surface area contributed by atoms with Gasteiger partial charge in [-0.15, -0.1) is 0 Å². The minimum atomic E-state index is -0.914. The van der Waals surface area contributed by atoms with Gasteiger partial charge < -0.3 is 46.0 Å². The zero-order valence-electron chi connectivity index (χ0n) is 23.5. The van der Waals surface area contributed by atoms with Crippen LogP contribution in [0.3, 0.4) is 0 Å². The van der Waals surface area contributed by atoms with E-state index < -0.39 is 53.7 Å². The summed E-state index contributed by atoms with van der Waals surface area (Å²) in [5, 5.41) is 67.4. The third-order valence-electron chi connectivity index (χ3n) is 0.542. The second kappa shape index (κ2) is 54.6. The summed E-state index contributed by atoms with van der Waals surface area (Å²) in [6.45, 7) is 10.5. The van der Waals surface area contributed by atoms with E-state index in [1.165, 1.54) is 6.08 Å². The van der Waals surface area contributed by atoms with E-state index >= 15 is 0 Å². The fraction of sp³-hybridized carbons (Fsp3) is 0.409. The Bertz CT molecular complexity index is 588. The molecule has 0 radical (unpaired) electrons. The minimum absolute atomic E-state index is 0.833. The van der Waals surface area contributed by atoms with Crippen LogP contribution in [-0.2, 0) is 43.2 Å². The maximum absolute atomic E-state index is 9.75. The lowest BCUT2D eigenvalue weighted by atomic mass is 10.4. The molecule has 0 spiro atoms. The van der Waals surface area contributed by atoms with E-state index in [0.29, 0.717) is 0 Å². The molecule has 0 atom stereocenters. The summed E-state index contributed by atoms with van der Waals surface area (Å²) in [4.78, 5) is 81.8. The fourth-order valence-corrected chi connectivity index (χ4v) is 0.249. The maximum Gasteiger partial charge on any atom is 0.328 e. The van der Waals surface area contributed by atoms with Crippen LogP contribution in [0, 0.1) is 0 Å². The standard InChI is InChI=1S/C6H8O2.8C2H4O2/c1-2-3-4-5-6(7)8;8*1-2(3)4/h2-5H,1H3,(H,7,8);8*1H3,(H,3,4)/b3-2+,5-4+;;;;;;;;. The summed E-state index contributed by atoms with van der Waals surface area (Å²) in [6, 6.07) is 0. The van der Waals surface area contributed by atoms with Crippen molar-refractivity contribution in [3.05, 3.63) is 24.3 Å². The molecule has 0 saturated heterocycles. The Hall–Kier alpha value is -5.29. The molecular formula is C22H40O18. The molecule has 0 bridgehead atoms. The summed E-state index contributed by atoms with van der Waals surface area (Å²) in [7, 11) is 0. The average Bonchev–Trinajstić information content (AvgIpc) is 2.57. The number of allylic oxidation sites excluding steroid dienone is 3. The highest BCUT2D eigenvalue weighted by atomic mass is 16.4. The number of carboxylic acid groups (broad SMARTS) is 9. The molecule has 0 aromatic carbocycles. The molecule has 0 amide bonds. The Morgan fingerprint density at radius 2 is 0.475 bits per heavy atom. The van der Waals surface area contributed by atoms with E-state index in [2.05, 4.69) is 0 Å². The van der Waals surface area contributed by atoms with Gasteiger partial charge >= 0.3 is 5.97 Å². The van der Waals surface area contributed by atoms with Gasteiger partial charge in [-0.05, 0) is 6.92 Å². The minimum Gasteiger partial charge on any atom is -0.481 e. The number of aliphatic carboxylic acids is 9. The largest absolute Gasteiger partial charge is 0.481 e. The molecule has 0 aliphatic rings. The van der Waals surface area contributed by atoms with E-state index in [9.17, 15) is 4.79 Å². The topological polar surface area (TPSA) is 336 Å². The van der Waals surface area contributed by atoms with Crippen LogP contribution in [0.4, 0.5) is 0 Å². The van der Waals surface area contributed by atoms with Crippen LogP contribution >= 0.6 is 0 Å². The van der Waals surface area contributed by atoms with Gasteiger partial charge in [0.15, 0.2) is 0 Å². The van der Waals surface area contributed by atoms with Gasteiger partial charge in [-0.25, -0.2) is 4.79 Å². The smallest absolute Gasteiger partial charge is 0.328 e. The van der Waals surface area contributed by atoms with Crippen LogP contribution in [0.1, 0.15) is 62.3 Å². The molecule has 0 saturated carbocycles. The Labute approximate surface area is 230 Å². The van der Waals surface area contributed by atoms with Crippen molar-refractivity contribution in [1.82, 2.24) is 0 Å². The second-order valence-corrected chi connectivity index (χ2v) is 5.38. The van der Waals surface area contributed by atoms with Crippen molar-refractivity contribution >= 4 is 53.7 Å². The van der Waals surface area contributed by atoms with Gasteiger partial charge in [0.2, 0.25) is 0 Å². The predicted octanol–water partition coefficient (Wildman–Crippen LogP) is 1.93. The lowest BCUT2D eigenvalue weighted by Gasteiger charge is -1.72. The van der Waals surface area contributed by atoms with Gasteiger partial charge in [-0.3, -0.25) is 38.4 Å².